The van der Waals surface area contributed by atoms with Gasteiger partial charge in [-0.3, -0.25) is 0 Å². The molecule has 0 radical (unpaired) electrons. The number of anilines is 1. The predicted molar refractivity (Wildman–Crippen MR) is 70.2 cm³/mol. The van der Waals surface area contributed by atoms with Gasteiger partial charge in [-0.05, 0) is 25.1 Å². The van der Waals surface area contributed by atoms with Crippen LogP contribution in [0.15, 0.2) is 24.3 Å². The number of aliphatic hydroxyl groups is 1. The lowest BCUT2D eigenvalue weighted by molar-refractivity contribution is 0.189. The van der Waals surface area contributed by atoms with Crippen LogP contribution in [0.5, 0.6) is 5.75 Å². The van der Waals surface area contributed by atoms with Gasteiger partial charge in [0.15, 0.2) is 0 Å². The first-order valence-electron chi connectivity index (χ1n) is 6.08. The van der Waals surface area contributed by atoms with Gasteiger partial charge in [-0.25, -0.2) is 0 Å². The van der Waals surface area contributed by atoms with Gasteiger partial charge in [-0.2, -0.15) is 0 Å². The van der Waals surface area contributed by atoms with Gasteiger partial charge in [0.25, 0.3) is 0 Å². The van der Waals surface area contributed by atoms with E-state index in [0.29, 0.717) is 12.3 Å². The first-order chi connectivity index (χ1) is 8.27. The summed E-state index contributed by atoms with van der Waals surface area (Å²) < 4.78 is 5.60. The Hall–Kier alpha value is -1.26. The largest absolute Gasteiger partial charge is 0.491 e. The fourth-order valence-electron chi connectivity index (χ4n) is 1.65. The number of para-hydroxylation sites is 2. The Labute approximate surface area is 103 Å². The normalized spacial score (nSPS) is 10.8. The first-order valence-corrected chi connectivity index (χ1v) is 6.08. The minimum Gasteiger partial charge on any atom is -0.491 e. The molecule has 96 valence electrons. The molecule has 0 atom stereocenters. The third-order valence-electron chi connectivity index (χ3n) is 2.66. The number of nitrogen functional groups attached to an aromatic ring is 1. The van der Waals surface area contributed by atoms with Crippen LogP contribution in [0.1, 0.15) is 13.3 Å². The van der Waals surface area contributed by atoms with Crippen molar-refractivity contribution in [2.75, 3.05) is 38.6 Å². The maximum atomic E-state index is 8.85. The second kappa shape index (κ2) is 7.92. The Kier molecular flexibility index (Phi) is 6.43. The maximum absolute atomic E-state index is 8.85. The zero-order valence-electron chi connectivity index (χ0n) is 10.4. The van der Waals surface area contributed by atoms with E-state index in [2.05, 4.69) is 11.8 Å². The molecule has 0 saturated heterocycles. The highest BCUT2D eigenvalue weighted by molar-refractivity contribution is 5.51. The van der Waals surface area contributed by atoms with Crippen molar-refractivity contribution < 1.29 is 9.84 Å². The number of hydrogen-bond acceptors (Lipinski definition) is 4. The highest BCUT2D eigenvalue weighted by atomic mass is 16.5. The molecule has 0 fully saturated rings. The summed E-state index contributed by atoms with van der Waals surface area (Å²) in [4.78, 5) is 2.19. The molecule has 0 aliphatic carbocycles. The molecule has 0 saturated carbocycles. The molecular formula is C13H22N2O2. The molecule has 1 aromatic rings. The molecule has 0 heterocycles. The molecule has 4 heteroatoms. The summed E-state index contributed by atoms with van der Waals surface area (Å²) in [6, 6.07) is 7.51. The van der Waals surface area contributed by atoms with E-state index in [4.69, 9.17) is 15.6 Å². The minimum absolute atomic E-state index is 0.209. The van der Waals surface area contributed by atoms with Crippen LogP contribution in [0.2, 0.25) is 0 Å². The lowest BCUT2D eigenvalue weighted by atomic mass is 10.3. The summed E-state index contributed by atoms with van der Waals surface area (Å²) in [5.41, 5.74) is 6.44. The van der Waals surface area contributed by atoms with E-state index in [-0.39, 0.29) is 6.61 Å². The second-order valence-electron chi connectivity index (χ2n) is 3.90. The van der Waals surface area contributed by atoms with Gasteiger partial charge < -0.3 is 20.5 Å². The van der Waals surface area contributed by atoms with Crippen molar-refractivity contribution in [1.82, 2.24) is 4.90 Å². The predicted octanol–water partition coefficient (Wildman–Crippen LogP) is 1.35. The molecule has 4 nitrogen and oxygen atoms in total. The average molecular weight is 238 g/mol. The minimum atomic E-state index is 0.209. The lowest BCUT2D eigenvalue weighted by Crippen LogP contribution is -2.28. The van der Waals surface area contributed by atoms with Gasteiger partial charge in [0.1, 0.15) is 5.75 Å². The maximum Gasteiger partial charge on any atom is 0.142 e. The highest BCUT2D eigenvalue weighted by Gasteiger charge is 2.02. The van der Waals surface area contributed by atoms with Crippen molar-refractivity contribution in [3.63, 3.8) is 0 Å². The number of aliphatic hydroxyl groups excluding tert-OH is 1. The monoisotopic (exact) mass is 238 g/mol. The van der Waals surface area contributed by atoms with Gasteiger partial charge in [0.05, 0.1) is 18.9 Å². The Bertz CT molecular complexity index is 318. The summed E-state index contributed by atoms with van der Waals surface area (Å²) in [5.74, 6) is 0.748. The van der Waals surface area contributed by atoms with Crippen LogP contribution >= 0.6 is 0 Å². The standard InChI is InChI=1S/C13H22N2O2/c1-2-15(9-10-16)8-5-11-17-13-7-4-3-6-12(13)14/h3-4,6-7,16H,2,5,8-11,14H2,1H3. The Morgan fingerprint density at radius 1 is 1.29 bits per heavy atom. The molecule has 0 amide bonds. The van der Waals surface area contributed by atoms with E-state index in [9.17, 15) is 0 Å². The summed E-state index contributed by atoms with van der Waals surface area (Å²) in [7, 11) is 0. The lowest BCUT2D eigenvalue weighted by Gasteiger charge is -2.19. The van der Waals surface area contributed by atoms with Gasteiger partial charge in [-0.15, -0.1) is 0 Å². The first kappa shape index (κ1) is 13.8. The molecule has 0 spiro atoms. The smallest absolute Gasteiger partial charge is 0.142 e. The molecule has 1 rings (SSSR count). The van der Waals surface area contributed by atoms with E-state index < -0.39 is 0 Å². The Morgan fingerprint density at radius 2 is 2.06 bits per heavy atom. The van der Waals surface area contributed by atoms with Crippen molar-refractivity contribution >= 4 is 5.69 Å². The summed E-state index contributed by atoms with van der Waals surface area (Å²) in [5, 5.41) is 8.85. The summed E-state index contributed by atoms with van der Waals surface area (Å²) in [6.45, 7) is 5.56. The van der Waals surface area contributed by atoms with Crippen LogP contribution in [0.3, 0.4) is 0 Å². The van der Waals surface area contributed by atoms with Crippen LogP contribution in [-0.4, -0.2) is 42.9 Å². The molecule has 0 bridgehead atoms. The summed E-state index contributed by atoms with van der Waals surface area (Å²) >= 11 is 0. The van der Waals surface area contributed by atoms with E-state index in [1.165, 1.54) is 0 Å². The van der Waals surface area contributed by atoms with E-state index in [0.717, 1.165) is 31.8 Å². The Balaban J connectivity index is 2.22. The fourth-order valence-corrected chi connectivity index (χ4v) is 1.65. The van der Waals surface area contributed by atoms with Crippen LogP contribution < -0.4 is 10.5 Å². The van der Waals surface area contributed by atoms with E-state index in [1.807, 2.05) is 24.3 Å². The van der Waals surface area contributed by atoms with Crippen molar-refractivity contribution in [1.29, 1.82) is 0 Å². The number of nitrogens with two attached hydrogens (primary N) is 1. The van der Waals surface area contributed by atoms with E-state index >= 15 is 0 Å². The number of rotatable bonds is 8. The summed E-state index contributed by atoms with van der Waals surface area (Å²) in [6.07, 6.45) is 0.933. The SMILES string of the molecule is CCN(CCO)CCCOc1ccccc1N. The van der Waals surface area contributed by atoms with Crippen LogP contribution in [-0.2, 0) is 0 Å². The van der Waals surface area contributed by atoms with Gasteiger partial charge in [-0.1, -0.05) is 19.1 Å². The molecule has 0 unspecified atom stereocenters. The zero-order valence-corrected chi connectivity index (χ0v) is 10.4. The topological polar surface area (TPSA) is 58.7 Å². The molecule has 1 aromatic carbocycles. The molecular weight excluding hydrogens is 216 g/mol. The zero-order chi connectivity index (χ0) is 12.5. The second-order valence-corrected chi connectivity index (χ2v) is 3.90. The number of benzene rings is 1. The average Bonchev–Trinajstić information content (AvgIpc) is 2.35. The molecule has 0 aromatic heterocycles. The van der Waals surface area contributed by atoms with Crippen molar-refractivity contribution in [3.8, 4) is 5.75 Å². The van der Waals surface area contributed by atoms with Crippen LogP contribution in [0, 0.1) is 0 Å². The Morgan fingerprint density at radius 3 is 2.71 bits per heavy atom. The molecule has 0 aliphatic heterocycles. The van der Waals surface area contributed by atoms with Gasteiger partial charge >= 0.3 is 0 Å². The van der Waals surface area contributed by atoms with Crippen LogP contribution in [0.4, 0.5) is 5.69 Å². The number of likely N-dealkylation sites (N-methyl/N-ethyl adjacent to an activating group) is 1. The van der Waals surface area contributed by atoms with Gasteiger partial charge in [0, 0.05) is 13.1 Å². The molecule has 17 heavy (non-hydrogen) atoms. The third kappa shape index (κ3) is 5.06. The van der Waals surface area contributed by atoms with Crippen LogP contribution in [0.25, 0.3) is 0 Å². The van der Waals surface area contributed by atoms with Crippen molar-refractivity contribution in [2.45, 2.75) is 13.3 Å². The van der Waals surface area contributed by atoms with Crippen molar-refractivity contribution in [3.05, 3.63) is 24.3 Å². The number of ether oxygens (including phenoxy) is 1. The third-order valence-corrected chi connectivity index (χ3v) is 2.66. The molecule has 0 aliphatic rings. The fraction of sp³-hybridized carbons (Fsp3) is 0.538. The van der Waals surface area contributed by atoms with E-state index in [1.54, 1.807) is 0 Å². The highest BCUT2D eigenvalue weighted by Crippen LogP contribution is 2.19. The molecule has 3 N–H and O–H groups in total. The van der Waals surface area contributed by atoms with Crippen molar-refractivity contribution in [2.24, 2.45) is 0 Å². The van der Waals surface area contributed by atoms with Gasteiger partial charge in [0.2, 0.25) is 0 Å². The quantitative estimate of drug-likeness (QED) is 0.530. The number of nitrogens with zero attached hydrogens (tertiary/aromatic N) is 1. The number of hydrogen-bond donors (Lipinski definition) is 2.